The van der Waals surface area contributed by atoms with Gasteiger partial charge >= 0.3 is 0 Å². The van der Waals surface area contributed by atoms with Crippen LogP contribution in [0.3, 0.4) is 0 Å². The van der Waals surface area contributed by atoms with Crippen molar-refractivity contribution in [2.45, 2.75) is 31.2 Å². The summed E-state index contributed by atoms with van der Waals surface area (Å²) >= 11 is 5.73. The minimum Gasteiger partial charge on any atom is -0.353 e. The van der Waals surface area contributed by atoms with Crippen LogP contribution >= 0.6 is 11.6 Å². The molecule has 0 aromatic heterocycles. The lowest BCUT2D eigenvalue weighted by Crippen LogP contribution is -2.41. The molecule has 112 valence electrons. The first-order valence-electron chi connectivity index (χ1n) is 6.28. The molecular weight excluding hydrogens is 300 g/mol. The molecule has 0 aliphatic carbocycles. The van der Waals surface area contributed by atoms with Crippen LogP contribution in [0, 0.1) is 0 Å². The smallest absolute Gasteiger partial charge is 0.243 e. The van der Waals surface area contributed by atoms with Crippen molar-refractivity contribution in [2.75, 3.05) is 13.6 Å². The van der Waals surface area contributed by atoms with Crippen LogP contribution in [0.15, 0.2) is 29.2 Å². The first-order valence-corrected chi connectivity index (χ1v) is 8.10. The van der Waals surface area contributed by atoms with Gasteiger partial charge in [0.25, 0.3) is 0 Å². The van der Waals surface area contributed by atoms with Gasteiger partial charge < -0.3 is 5.32 Å². The molecule has 0 saturated heterocycles. The molecule has 20 heavy (non-hydrogen) atoms. The van der Waals surface area contributed by atoms with E-state index in [-0.39, 0.29) is 23.4 Å². The lowest BCUT2D eigenvalue weighted by Gasteiger charge is -2.18. The van der Waals surface area contributed by atoms with Gasteiger partial charge in [-0.25, -0.2) is 8.42 Å². The Labute approximate surface area is 125 Å². The van der Waals surface area contributed by atoms with E-state index in [1.807, 2.05) is 13.8 Å². The van der Waals surface area contributed by atoms with E-state index in [2.05, 4.69) is 5.32 Å². The molecule has 0 bridgehead atoms. The molecular formula is C13H19ClN2O3S. The number of likely N-dealkylation sites (N-methyl/N-ethyl adjacent to an activating group) is 1. The third-order valence-corrected chi connectivity index (χ3v) is 4.98. The second-order valence-corrected chi connectivity index (χ2v) is 7.07. The van der Waals surface area contributed by atoms with Crippen LogP contribution in [0.4, 0.5) is 0 Å². The van der Waals surface area contributed by atoms with Gasteiger partial charge in [0, 0.05) is 18.1 Å². The van der Waals surface area contributed by atoms with Crippen molar-refractivity contribution in [3.63, 3.8) is 0 Å². The zero-order chi connectivity index (χ0) is 15.3. The van der Waals surface area contributed by atoms with E-state index in [0.717, 1.165) is 10.7 Å². The van der Waals surface area contributed by atoms with Gasteiger partial charge in [0.05, 0.1) is 11.4 Å². The quantitative estimate of drug-likeness (QED) is 0.871. The number of hydrogen-bond acceptors (Lipinski definition) is 3. The van der Waals surface area contributed by atoms with Gasteiger partial charge in [0.15, 0.2) is 0 Å². The maximum atomic E-state index is 12.2. The zero-order valence-corrected chi connectivity index (χ0v) is 13.3. The van der Waals surface area contributed by atoms with Crippen LogP contribution in [-0.2, 0) is 14.8 Å². The Morgan fingerprint density at radius 2 is 1.90 bits per heavy atom. The minimum atomic E-state index is -3.68. The molecule has 1 amide bonds. The van der Waals surface area contributed by atoms with E-state index < -0.39 is 10.0 Å². The van der Waals surface area contributed by atoms with E-state index in [1.54, 1.807) is 0 Å². The molecule has 1 aromatic carbocycles. The Hall–Kier alpha value is -1.11. The minimum absolute atomic E-state index is 0.0223. The topological polar surface area (TPSA) is 66.5 Å². The number of halogens is 1. The maximum Gasteiger partial charge on any atom is 0.243 e. The van der Waals surface area contributed by atoms with E-state index in [0.29, 0.717) is 5.02 Å². The standard InChI is InChI=1S/C13H19ClN2O3S/c1-4-10(2)15-13(17)9-16(3)20(18,19)12-7-5-11(14)6-8-12/h5-8,10H,4,9H2,1-3H3,(H,15,17). The normalized spacial score (nSPS) is 13.2. The van der Waals surface area contributed by atoms with Crippen LogP contribution < -0.4 is 5.32 Å². The van der Waals surface area contributed by atoms with Gasteiger partial charge in [-0.3, -0.25) is 4.79 Å². The van der Waals surface area contributed by atoms with Crippen molar-refractivity contribution in [2.24, 2.45) is 0 Å². The molecule has 0 spiro atoms. The highest BCUT2D eigenvalue weighted by molar-refractivity contribution is 7.89. The summed E-state index contributed by atoms with van der Waals surface area (Å²) < 4.78 is 25.5. The second-order valence-electron chi connectivity index (χ2n) is 4.59. The molecule has 1 rings (SSSR count). The van der Waals surface area contributed by atoms with Crippen LogP contribution in [-0.4, -0.2) is 38.3 Å². The summed E-state index contributed by atoms with van der Waals surface area (Å²) in [6.07, 6.45) is 0.791. The van der Waals surface area contributed by atoms with Gasteiger partial charge in [0.1, 0.15) is 0 Å². The first-order chi connectivity index (χ1) is 9.27. The third-order valence-electron chi connectivity index (χ3n) is 2.91. The number of carbonyl (C=O) groups excluding carboxylic acids is 1. The lowest BCUT2D eigenvalue weighted by molar-refractivity contribution is -0.121. The molecule has 0 aliphatic heterocycles. The predicted octanol–water partition coefficient (Wildman–Crippen LogP) is 1.88. The van der Waals surface area contributed by atoms with Crippen molar-refractivity contribution < 1.29 is 13.2 Å². The number of benzene rings is 1. The lowest BCUT2D eigenvalue weighted by atomic mass is 10.2. The van der Waals surface area contributed by atoms with Gasteiger partial charge in [-0.2, -0.15) is 4.31 Å². The SMILES string of the molecule is CCC(C)NC(=O)CN(C)S(=O)(=O)c1ccc(Cl)cc1. The number of nitrogens with zero attached hydrogens (tertiary/aromatic N) is 1. The summed E-state index contributed by atoms with van der Waals surface area (Å²) in [5, 5.41) is 3.19. The molecule has 0 saturated carbocycles. The van der Waals surface area contributed by atoms with Crippen molar-refractivity contribution >= 4 is 27.5 Å². The number of rotatable bonds is 6. The Kier molecular flexibility index (Phi) is 5.98. The van der Waals surface area contributed by atoms with Gasteiger partial charge in [-0.15, -0.1) is 0 Å². The van der Waals surface area contributed by atoms with Gasteiger partial charge in [-0.05, 0) is 37.6 Å². The fraction of sp³-hybridized carbons (Fsp3) is 0.462. The Bertz CT molecular complexity index is 557. The fourth-order valence-corrected chi connectivity index (χ4v) is 2.75. The molecule has 5 nitrogen and oxygen atoms in total. The zero-order valence-electron chi connectivity index (χ0n) is 11.8. The monoisotopic (exact) mass is 318 g/mol. The van der Waals surface area contributed by atoms with E-state index in [1.165, 1.54) is 31.3 Å². The third kappa shape index (κ3) is 4.47. The summed E-state index contributed by atoms with van der Waals surface area (Å²) in [6.45, 7) is 3.60. The number of hydrogen-bond donors (Lipinski definition) is 1. The summed E-state index contributed by atoms with van der Waals surface area (Å²) in [6, 6.07) is 5.86. The van der Waals surface area contributed by atoms with Crippen LogP contribution in [0.2, 0.25) is 5.02 Å². The number of sulfonamides is 1. The number of carbonyl (C=O) groups is 1. The molecule has 0 heterocycles. The molecule has 0 fully saturated rings. The van der Waals surface area contributed by atoms with Gasteiger partial charge in [0.2, 0.25) is 15.9 Å². The first kappa shape index (κ1) is 16.9. The van der Waals surface area contributed by atoms with Crippen molar-refractivity contribution in [3.05, 3.63) is 29.3 Å². The largest absolute Gasteiger partial charge is 0.353 e. The summed E-state index contributed by atoms with van der Waals surface area (Å²) in [4.78, 5) is 11.8. The highest BCUT2D eigenvalue weighted by Crippen LogP contribution is 2.17. The van der Waals surface area contributed by atoms with E-state index >= 15 is 0 Å². The van der Waals surface area contributed by atoms with Crippen LogP contribution in [0.5, 0.6) is 0 Å². The summed E-state index contributed by atoms with van der Waals surface area (Å²) in [7, 11) is -2.30. The molecule has 1 aromatic rings. The summed E-state index contributed by atoms with van der Waals surface area (Å²) in [5.41, 5.74) is 0. The predicted molar refractivity (Wildman–Crippen MR) is 79.2 cm³/mol. The van der Waals surface area contributed by atoms with Crippen LogP contribution in [0.1, 0.15) is 20.3 Å². The molecule has 7 heteroatoms. The van der Waals surface area contributed by atoms with E-state index in [9.17, 15) is 13.2 Å². The van der Waals surface area contributed by atoms with E-state index in [4.69, 9.17) is 11.6 Å². The highest BCUT2D eigenvalue weighted by atomic mass is 35.5. The Morgan fingerprint density at radius 3 is 2.40 bits per heavy atom. The Balaban J connectivity index is 2.77. The van der Waals surface area contributed by atoms with Crippen LogP contribution in [0.25, 0.3) is 0 Å². The van der Waals surface area contributed by atoms with Gasteiger partial charge in [-0.1, -0.05) is 18.5 Å². The second kappa shape index (κ2) is 7.06. The van der Waals surface area contributed by atoms with Crippen molar-refractivity contribution in [1.82, 2.24) is 9.62 Å². The molecule has 0 radical (unpaired) electrons. The molecule has 1 unspecified atom stereocenters. The maximum absolute atomic E-state index is 12.2. The van der Waals surface area contributed by atoms with Crippen molar-refractivity contribution in [1.29, 1.82) is 0 Å². The highest BCUT2D eigenvalue weighted by Gasteiger charge is 2.23. The average molecular weight is 319 g/mol. The molecule has 1 N–H and O–H groups in total. The number of nitrogens with one attached hydrogen (secondary N) is 1. The Morgan fingerprint density at radius 1 is 1.35 bits per heavy atom. The van der Waals surface area contributed by atoms with Crippen molar-refractivity contribution in [3.8, 4) is 0 Å². The summed E-state index contributed by atoms with van der Waals surface area (Å²) in [5.74, 6) is -0.320. The molecule has 1 atom stereocenters. The molecule has 0 aliphatic rings. The fourth-order valence-electron chi connectivity index (χ4n) is 1.50. The number of amides is 1. The average Bonchev–Trinajstić information content (AvgIpc) is 2.38.